The number of hydrogen-bond donors (Lipinski definition) is 2. The van der Waals surface area contributed by atoms with Crippen LogP contribution in [0.25, 0.3) is 0 Å². The highest BCUT2D eigenvalue weighted by Crippen LogP contribution is 2.38. The van der Waals surface area contributed by atoms with E-state index in [0.717, 1.165) is 38.1 Å². The van der Waals surface area contributed by atoms with Gasteiger partial charge < -0.3 is 19.8 Å². The first kappa shape index (κ1) is 21.6. The molecule has 1 aromatic carbocycles. The van der Waals surface area contributed by atoms with Crippen molar-refractivity contribution >= 4 is 28.2 Å². The summed E-state index contributed by atoms with van der Waals surface area (Å²) in [6.07, 6.45) is 1.48. The summed E-state index contributed by atoms with van der Waals surface area (Å²) in [7, 11) is 1.64. The lowest BCUT2D eigenvalue weighted by molar-refractivity contribution is 0.0997. The number of aryl methyl sites for hydroxylation is 3. The fraction of sp³-hybridized carbons (Fsp3) is 0.208. The molecule has 0 unspecified atom stereocenters. The Morgan fingerprint density at radius 3 is 2.41 bits per heavy atom. The summed E-state index contributed by atoms with van der Waals surface area (Å²) in [6, 6.07) is 14.8. The second kappa shape index (κ2) is 9.23. The number of amides is 1. The number of rotatable bonds is 7. The van der Waals surface area contributed by atoms with Gasteiger partial charge in [0.15, 0.2) is 5.76 Å². The molecule has 1 amide bonds. The first-order valence-corrected chi connectivity index (χ1v) is 10.9. The monoisotopic (exact) mass is 448 g/mol. The van der Waals surface area contributed by atoms with Gasteiger partial charge >= 0.3 is 0 Å². The van der Waals surface area contributed by atoms with Gasteiger partial charge in [0.1, 0.15) is 10.8 Å². The lowest BCUT2D eigenvalue weighted by Gasteiger charge is -2.21. The first-order valence-electron chi connectivity index (χ1n) is 10.1. The summed E-state index contributed by atoms with van der Waals surface area (Å²) in [5, 5.41) is 7.19. The SMILES string of the molecule is COc1ccc([C@H](Nc2nc(C)cc(C)n2)c2cc(C)sc2NC(=O)c2ccco2)cc1. The standard InChI is InChI=1S/C24H24N4O3S/c1-14-12-15(2)26-24(25-14)27-21(17-7-9-18(30-4)10-8-17)19-13-16(3)32-23(19)28-22(29)20-6-5-11-31-20/h5-13,21H,1-4H3,(H,28,29)(H,25,26,27)/t21-/m0/s1. The topological polar surface area (TPSA) is 89.3 Å². The Hall–Kier alpha value is -3.65. The van der Waals surface area contributed by atoms with Crippen LogP contribution in [-0.4, -0.2) is 23.0 Å². The van der Waals surface area contributed by atoms with Crippen molar-refractivity contribution in [2.75, 3.05) is 17.7 Å². The maximum Gasteiger partial charge on any atom is 0.291 e. The van der Waals surface area contributed by atoms with Gasteiger partial charge in [0, 0.05) is 21.8 Å². The highest BCUT2D eigenvalue weighted by atomic mass is 32.1. The van der Waals surface area contributed by atoms with Gasteiger partial charge in [-0.05, 0) is 62.7 Å². The van der Waals surface area contributed by atoms with Crippen LogP contribution in [0.1, 0.15) is 44.0 Å². The Balaban J connectivity index is 1.74. The maximum atomic E-state index is 12.7. The second-order valence-electron chi connectivity index (χ2n) is 7.40. The second-order valence-corrected chi connectivity index (χ2v) is 8.65. The van der Waals surface area contributed by atoms with Crippen LogP contribution in [-0.2, 0) is 0 Å². The Labute approximate surface area is 190 Å². The predicted octanol–water partition coefficient (Wildman–Crippen LogP) is 5.52. The summed E-state index contributed by atoms with van der Waals surface area (Å²) >= 11 is 1.51. The van der Waals surface area contributed by atoms with Gasteiger partial charge in [-0.2, -0.15) is 0 Å². The van der Waals surface area contributed by atoms with E-state index in [9.17, 15) is 4.79 Å². The van der Waals surface area contributed by atoms with Crippen molar-refractivity contribution in [3.63, 3.8) is 0 Å². The molecule has 4 aromatic rings. The molecular formula is C24H24N4O3S. The quantitative estimate of drug-likeness (QED) is 0.387. The Bertz CT molecular complexity index is 1200. The fourth-order valence-electron chi connectivity index (χ4n) is 3.48. The largest absolute Gasteiger partial charge is 0.497 e. The zero-order chi connectivity index (χ0) is 22.7. The Kier molecular flexibility index (Phi) is 6.23. The normalized spacial score (nSPS) is 11.8. The molecule has 0 aliphatic rings. The van der Waals surface area contributed by atoms with Crippen LogP contribution in [0, 0.1) is 20.8 Å². The van der Waals surface area contributed by atoms with Gasteiger partial charge in [-0.3, -0.25) is 4.79 Å². The molecule has 0 saturated heterocycles. The molecule has 0 spiro atoms. The molecule has 2 N–H and O–H groups in total. The molecule has 3 heterocycles. The minimum absolute atomic E-state index is 0.258. The molecule has 0 aliphatic carbocycles. The van der Waals surface area contributed by atoms with Crippen LogP contribution in [0.5, 0.6) is 5.75 Å². The molecule has 0 saturated carbocycles. The zero-order valence-electron chi connectivity index (χ0n) is 18.3. The molecule has 0 radical (unpaired) electrons. The van der Waals surface area contributed by atoms with Crippen molar-refractivity contribution < 1.29 is 13.9 Å². The number of nitrogens with one attached hydrogen (secondary N) is 2. The van der Waals surface area contributed by atoms with Gasteiger partial charge in [-0.1, -0.05) is 12.1 Å². The van der Waals surface area contributed by atoms with Crippen LogP contribution >= 0.6 is 11.3 Å². The molecule has 164 valence electrons. The third kappa shape index (κ3) is 4.81. The van der Waals surface area contributed by atoms with E-state index in [0.29, 0.717) is 5.95 Å². The number of furan rings is 1. The molecule has 0 aliphatic heterocycles. The molecule has 8 heteroatoms. The average molecular weight is 449 g/mol. The van der Waals surface area contributed by atoms with Crippen LogP contribution < -0.4 is 15.4 Å². The average Bonchev–Trinajstić information content (AvgIpc) is 3.41. The van der Waals surface area contributed by atoms with E-state index in [-0.39, 0.29) is 17.7 Å². The van der Waals surface area contributed by atoms with Crippen molar-refractivity contribution in [1.29, 1.82) is 0 Å². The molecule has 32 heavy (non-hydrogen) atoms. The van der Waals surface area contributed by atoms with E-state index in [2.05, 4.69) is 26.7 Å². The predicted molar refractivity (Wildman–Crippen MR) is 126 cm³/mol. The summed E-state index contributed by atoms with van der Waals surface area (Å²) in [5.41, 5.74) is 3.66. The lowest BCUT2D eigenvalue weighted by atomic mass is 10.00. The van der Waals surface area contributed by atoms with Crippen molar-refractivity contribution in [2.45, 2.75) is 26.8 Å². The number of benzene rings is 1. The molecule has 0 bridgehead atoms. The summed E-state index contributed by atoms with van der Waals surface area (Å²) in [5.74, 6) is 1.25. The van der Waals surface area contributed by atoms with Gasteiger partial charge in [0.05, 0.1) is 19.4 Å². The van der Waals surface area contributed by atoms with Gasteiger partial charge in [0.25, 0.3) is 5.91 Å². The van der Waals surface area contributed by atoms with Crippen molar-refractivity contribution in [2.24, 2.45) is 0 Å². The number of carbonyl (C=O) groups is 1. The zero-order valence-corrected chi connectivity index (χ0v) is 19.1. The molecule has 0 fully saturated rings. The summed E-state index contributed by atoms with van der Waals surface area (Å²) in [6.45, 7) is 5.88. The number of carbonyl (C=O) groups excluding carboxylic acids is 1. The number of methoxy groups -OCH3 is 1. The molecule has 3 aromatic heterocycles. The van der Waals surface area contributed by atoms with E-state index >= 15 is 0 Å². The molecular weight excluding hydrogens is 424 g/mol. The molecule has 7 nitrogen and oxygen atoms in total. The van der Waals surface area contributed by atoms with Crippen LogP contribution in [0.15, 0.2) is 59.2 Å². The third-order valence-corrected chi connectivity index (χ3v) is 5.85. The highest BCUT2D eigenvalue weighted by molar-refractivity contribution is 7.16. The van der Waals surface area contributed by atoms with Crippen LogP contribution in [0.2, 0.25) is 0 Å². The smallest absolute Gasteiger partial charge is 0.291 e. The lowest BCUT2D eigenvalue weighted by Crippen LogP contribution is -2.17. The third-order valence-electron chi connectivity index (χ3n) is 4.87. The number of aromatic nitrogens is 2. The Morgan fingerprint density at radius 2 is 1.78 bits per heavy atom. The van der Waals surface area contributed by atoms with Crippen molar-refractivity contribution in [3.8, 4) is 5.75 Å². The van der Waals surface area contributed by atoms with E-state index in [1.807, 2.05) is 51.1 Å². The van der Waals surface area contributed by atoms with Crippen molar-refractivity contribution in [3.05, 3.63) is 87.9 Å². The number of anilines is 2. The van der Waals surface area contributed by atoms with E-state index < -0.39 is 0 Å². The number of nitrogens with zero attached hydrogens (tertiary/aromatic N) is 2. The minimum atomic E-state index is -0.297. The molecule has 4 rings (SSSR count). The Morgan fingerprint density at radius 1 is 1.06 bits per heavy atom. The van der Waals surface area contributed by atoms with E-state index in [1.54, 1.807) is 19.2 Å². The van der Waals surface area contributed by atoms with E-state index in [4.69, 9.17) is 9.15 Å². The summed E-state index contributed by atoms with van der Waals surface area (Å²) in [4.78, 5) is 22.8. The summed E-state index contributed by atoms with van der Waals surface area (Å²) < 4.78 is 10.6. The first-order chi connectivity index (χ1) is 15.4. The number of thiophene rings is 1. The van der Waals surface area contributed by atoms with Gasteiger partial charge in [-0.15, -0.1) is 11.3 Å². The minimum Gasteiger partial charge on any atom is -0.497 e. The maximum absolute atomic E-state index is 12.7. The van der Waals surface area contributed by atoms with Gasteiger partial charge in [0.2, 0.25) is 5.95 Å². The fourth-order valence-corrected chi connectivity index (χ4v) is 4.42. The van der Waals surface area contributed by atoms with Gasteiger partial charge in [-0.25, -0.2) is 9.97 Å². The number of hydrogen-bond acceptors (Lipinski definition) is 7. The van der Waals surface area contributed by atoms with E-state index in [1.165, 1.54) is 17.6 Å². The highest BCUT2D eigenvalue weighted by Gasteiger charge is 2.23. The number of ether oxygens (including phenoxy) is 1. The van der Waals surface area contributed by atoms with Crippen LogP contribution in [0.4, 0.5) is 10.9 Å². The molecule has 1 atom stereocenters. The van der Waals surface area contributed by atoms with Crippen LogP contribution in [0.3, 0.4) is 0 Å². The van der Waals surface area contributed by atoms with Crippen molar-refractivity contribution in [1.82, 2.24) is 9.97 Å².